The number of benzene rings is 2. The average Bonchev–Trinajstić information content (AvgIpc) is 3.16. The minimum atomic E-state index is -0.294. The summed E-state index contributed by atoms with van der Waals surface area (Å²) in [6.07, 6.45) is 1.96. The Morgan fingerprint density at radius 2 is 1.70 bits per heavy atom. The van der Waals surface area contributed by atoms with Gasteiger partial charge in [-0.05, 0) is 41.7 Å². The Hall–Kier alpha value is -3.02. The molecule has 1 aliphatic rings. The van der Waals surface area contributed by atoms with E-state index in [0.717, 1.165) is 17.5 Å². The fourth-order valence-corrected chi connectivity index (χ4v) is 3.69. The third kappa shape index (κ3) is 5.32. The van der Waals surface area contributed by atoms with Gasteiger partial charge in [-0.15, -0.1) is 0 Å². The minimum absolute atomic E-state index is 0.0305. The Bertz CT molecular complexity index is 879. The number of amides is 2. The van der Waals surface area contributed by atoms with Crippen molar-refractivity contribution in [2.45, 2.75) is 32.7 Å². The van der Waals surface area contributed by atoms with Gasteiger partial charge >= 0.3 is 0 Å². The maximum atomic E-state index is 12.5. The zero-order valence-corrected chi connectivity index (χ0v) is 17.9. The van der Waals surface area contributed by atoms with Gasteiger partial charge in [0.15, 0.2) is 11.5 Å². The van der Waals surface area contributed by atoms with Gasteiger partial charge in [0.2, 0.25) is 11.8 Å². The van der Waals surface area contributed by atoms with Gasteiger partial charge < -0.3 is 19.7 Å². The van der Waals surface area contributed by atoms with Gasteiger partial charge in [-0.25, -0.2) is 0 Å². The van der Waals surface area contributed by atoms with Gasteiger partial charge in [-0.2, -0.15) is 0 Å². The van der Waals surface area contributed by atoms with Crippen LogP contribution in [0.2, 0.25) is 0 Å². The summed E-state index contributed by atoms with van der Waals surface area (Å²) in [4.78, 5) is 26.7. The molecule has 3 rings (SSSR count). The van der Waals surface area contributed by atoms with Crippen LogP contribution in [0.1, 0.15) is 30.0 Å². The summed E-state index contributed by atoms with van der Waals surface area (Å²) in [6.45, 7) is 3.65. The quantitative estimate of drug-likeness (QED) is 0.690. The van der Waals surface area contributed by atoms with E-state index in [1.165, 1.54) is 5.56 Å². The number of likely N-dealkylation sites (tertiary alicyclic amines) is 1. The molecule has 2 amide bonds. The highest BCUT2D eigenvalue weighted by atomic mass is 16.5. The molecule has 1 saturated heterocycles. The third-order valence-electron chi connectivity index (χ3n) is 5.60. The molecule has 2 aromatic carbocycles. The molecule has 0 bridgehead atoms. The SMILES string of the molecule is CCc1ccc(CNC(=O)[C@@H]2CC(=O)N(CCc3ccc(OC)c(OC)c3)C2)cc1. The van der Waals surface area contributed by atoms with Crippen LogP contribution in [0.15, 0.2) is 42.5 Å². The van der Waals surface area contributed by atoms with Gasteiger partial charge in [0, 0.05) is 26.1 Å². The van der Waals surface area contributed by atoms with Gasteiger partial charge in [0.05, 0.1) is 20.1 Å². The molecule has 0 spiro atoms. The fourth-order valence-electron chi connectivity index (χ4n) is 3.69. The lowest BCUT2D eigenvalue weighted by atomic mass is 10.1. The molecule has 2 aromatic rings. The number of nitrogens with zero attached hydrogens (tertiary/aromatic N) is 1. The van der Waals surface area contributed by atoms with Crippen LogP contribution in [0, 0.1) is 5.92 Å². The summed E-state index contributed by atoms with van der Waals surface area (Å²) >= 11 is 0. The van der Waals surface area contributed by atoms with Crippen molar-refractivity contribution in [1.29, 1.82) is 0 Å². The summed E-state index contributed by atoms with van der Waals surface area (Å²) < 4.78 is 10.6. The predicted octanol–water partition coefficient (Wildman–Crippen LogP) is 2.97. The van der Waals surface area contributed by atoms with Crippen molar-refractivity contribution < 1.29 is 19.1 Å². The van der Waals surface area contributed by atoms with Crippen LogP contribution >= 0.6 is 0 Å². The van der Waals surface area contributed by atoms with E-state index in [-0.39, 0.29) is 24.2 Å². The van der Waals surface area contributed by atoms with Crippen LogP contribution in [0.5, 0.6) is 11.5 Å². The van der Waals surface area contributed by atoms with Crippen molar-refractivity contribution in [3.05, 3.63) is 59.2 Å². The standard InChI is InChI=1S/C24H30N2O4/c1-4-17-5-7-19(8-6-17)15-25-24(28)20-14-23(27)26(16-20)12-11-18-9-10-21(29-2)22(13-18)30-3/h5-10,13,20H,4,11-12,14-16H2,1-3H3,(H,25,28)/t20-/m1/s1. The van der Waals surface area contributed by atoms with Crippen LogP contribution in [-0.2, 0) is 29.0 Å². The van der Waals surface area contributed by atoms with Crippen molar-refractivity contribution in [2.75, 3.05) is 27.3 Å². The second kappa shape index (κ2) is 10.1. The number of carbonyl (C=O) groups excluding carboxylic acids is 2. The molecule has 1 aliphatic heterocycles. The maximum Gasteiger partial charge on any atom is 0.225 e. The van der Waals surface area contributed by atoms with Crippen molar-refractivity contribution in [1.82, 2.24) is 10.2 Å². The highest BCUT2D eigenvalue weighted by Crippen LogP contribution is 2.28. The van der Waals surface area contributed by atoms with E-state index in [1.54, 1.807) is 19.1 Å². The molecule has 30 heavy (non-hydrogen) atoms. The predicted molar refractivity (Wildman–Crippen MR) is 116 cm³/mol. The van der Waals surface area contributed by atoms with Crippen molar-refractivity contribution in [2.24, 2.45) is 5.92 Å². The first-order chi connectivity index (χ1) is 14.5. The Balaban J connectivity index is 1.49. The van der Waals surface area contributed by atoms with E-state index in [0.29, 0.717) is 37.6 Å². The molecule has 1 heterocycles. The molecule has 0 aliphatic carbocycles. The fraction of sp³-hybridized carbons (Fsp3) is 0.417. The van der Waals surface area contributed by atoms with Crippen molar-refractivity contribution in [3.63, 3.8) is 0 Å². The molecule has 1 atom stereocenters. The van der Waals surface area contributed by atoms with Crippen LogP contribution in [0.3, 0.4) is 0 Å². The van der Waals surface area contributed by atoms with Crippen molar-refractivity contribution >= 4 is 11.8 Å². The largest absolute Gasteiger partial charge is 0.493 e. The first-order valence-electron chi connectivity index (χ1n) is 10.4. The van der Waals surface area contributed by atoms with E-state index in [2.05, 4.69) is 24.4 Å². The molecule has 0 saturated carbocycles. The highest BCUT2D eigenvalue weighted by molar-refractivity contribution is 5.89. The molecule has 1 fully saturated rings. The summed E-state index contributed by atoms with van der Waals surface area (Å²) in [5.74, 6) is 1.03. The lowest BCUT2D eigenvalue weighted by molar-refractivity contribution is -0.129. The molecule has 6 nitrogen and oxygen atoms in total. The molecule has 0 aromatic heterocycles. The van der Waals surface area contributed by atoms with E-state index in [1.807, 2.05) is 30.3 Å². The number of hydrogen-bond acceptors (Lipinski definition) is 4. The highest BCUT2D eigenvalue weighted by Gasteiger charge is 2.33. The molecular formula is C24H30N2O4. The summed E-state index contributed by atoms with van der Waals surface area (Å²) in [7, 11) is 3.21. The normalized spacial score (nSPS) is 15.9. The van der Waals surface area contributed by atoms with Gasteiger partial charge in [-0.1, -0.05) is 37.3 Å². The Morgan fingerprint density at radius 3 is 2.37 bits per heavy atom. The minimum Gasteiger partial charge on any atom is -0.493 e. The lowest BCUT2D eigenvalue weighted by Gasteiger charge is -2.17. The second-order valence-electron chi connectivity index (χ2n) is 7.57. The summed E-state index contributed by atoms with van der Waals surface area (Å²) in [6, 6.07) is 14.0. The average molecular weight is 411 g/mol. The molecule has 0 unspecified atom stereocenters. The van der Waals surface area contributed by atoms with Crippen molar-refractivity contribution in [3.8, 4) is 11.5 Å². The molecule has 6 heteroatoms. The van der Waals surface area contributed by atoms with Crippen LogP contribution < -0.4 is 14.8 Å². The molecule has 0 radical (unpaired) electrons. The maximum absolute atomic E-state index is 12.5. The van der Waals surface area contributed by atoms with Gasteiger partial charge in [-0.3, -0.25) is 9.59 Å². The summed E-state index contributed by atoms with van der Waals surface area (Å²) in [5, 5.41) is 2.97. The van der Waals surface area contributed by atoms with E-state index >= 15 is 0 Å². The number of nitrogens with one attached hydrogen (secondary N) is 1. The van der Waals surface area contributed by atoms with Crippen LogP contribution in [0.25, 0.3) is 0 Å². The number of methoxy groups -OCH3 is 2. The zero-order valence-electron chi connectivity index (χ0n) is 17.9. The second-order valence-corrected chi connectivity index (χ2v) is 7.57. The number of carbonyl (C=O) groups is 2. The monoisotopic (exact) mass is 410 g/mol. The van der Waals surface area contributed by atoms with Gasteiger partial charge in [0.25, 0.3) is 0 Å². The zero-order chi connectivity index (χ0) is 21.5. The smallest absolute Gasteiger partial charge is 0.225 e. The Morgan fingerprint density at radius 1 is 1.03 bits per heavy atom. The number of aryl methyl sites for hydroxylation is 1. The Labute approximate surface area is 178 Å². The first kappa shape index (κ1) is 21.7. The molecule has 160 valence electrons. The van der Waals surface area contributed by atoms with Gasteiger partial charge in [0.1, 0.15) is 0 Å². The first-order valence-corrected chi connectivity index (χ1v) is 10.4. The van der Waals surface area contributed by atoms with Crippen LogP contribution in [-0.4, -0.2) is 44.0 Å². The molecule has 1 N–H and O–H groups in total. The Kier molecular flexibility index (Phi) is 7.33. The lowest BCUT2D eigenvalue weighted by Crippen LogP contribution is -2.33. The van der Waals surface area contributed by atoms with Crippen LogP contribution in [0.4, 0.5) is 0 Å². The number of ether oxygens (including phenoxy) is 2. The topological polar surface area (TPSA) is 67.9 Å². The van der Waals surface area contributed by atoms with E-state index in [4.69, 9.17) is 9.47 Å². The molecular weight excluding hydrogens is 380 g/mol. The number of hydrogen-bond donors (Lipinski definition) is 1. The van der Waals surface area contributed by atoms with E-state index in [9.17, 15) is 9.59 Å². The third-order valence-corrected chi connectivity index (χ3v) is 5.60. The van der Waals surface area contributed by atoms with E-state index < -0.39 is 0 Å². The summed E-state index contributed by atoms with van der Waals surface area (Å²) in [5.41, 5.74) is 3.40. The number of rotatable bonds is 9.